The largest absolute Gasteiger partial charge is 0.375 e. The van der Waals surface area contributed by atoms with Gasteiger partial charge in [0.1, 0.15) is 0 Å². The van der Waals surface area contributed by atoms with Crippen molar-refractivity contribution in [2.45, 2.75) is 207 Å². The lowest BCUT2D eigenvalue weighted by Gasteiger charge is -2.41. The van der Waals surface area contributed by atoms with Crippen LogP contribution in [-0.4, -0.2) is 12.2 Å². The van der Waals surface area contributed by atoms with E-state index in [1.165, 1.54) is 167 Å². The highest BCUT2D eigenvalue weighted by Gasteiger charge is 2.37. The van der Waals surface area contributed by atoms with Gasteiger partial charge in [-0.25, -0.2) is 0 Å². The van der Waals surface area contributed by atoms with E-state index < -0.39 is 0 Å². The topological polar surface area (TPSA) is 9.23 Å². The van der Waals surface area contributed by atoms with E-state index in [9.17, 15) is 0 Å². The van der Waals surface area contributed by atoms with Gasteiger partial charge in [-0.05, 0) is 38.5 Å². The molecule has 0 aromatic rings. The SMILES string of the molecule is CCCCCCCCCCCCCCCCC(CCCCCCCC)C(CCC)(CCC)OCC. The van der Waals surface area contributed by atoms with Gasteiger partial charge in [0, 0.05) is 6.61 Å². The Morgan fingerprint density at radius 2 is 0.714 bits per heavy atom. The van der Waals surface area contributed by atoms with Crippen LogP contribution < -0.4 is 0 Å². The summed E-state index contributed by atoms with van der Waals surface area (Å²) >= 11 is 0. The van der Waals surface area contributed by atoms with Crippen LogP contribution in [0.4, 0.5) is 0 Å². The third kappa shape index (κ3) is 19.7. The summed E-state index contributed by atoms with van der Waals surface area (Å²) in [6.07, 6.45) is 36.6. The summed E-state index contributed by atoms with van der Waals surface area (Å²) in [7, 11) is 0. The number of hydrogen-bond acceptors (Lipinski definition) is 1. The molecule has 0 spiro atoms. The Kier molecular flexibility index (Phi) is 27.0. The van der Waals surface area contributed by atoms with Gasteiger partial charge in [-0.3, -0.25) is 0 Å². The summed E-state index contributed by atoms with van der Waals surface area (Å²) in [5, 5.41) is 0. The molecule has 35 heavy (non-hydrogen) atoms. The number of unbranched alkanes of at least 4 members (excludes halogenated alkanes) is 18. The molecule has 1 unspecified atom stereocenters. The molecule has 0 aliphatic rings. The standard InChI is InChI=1S/C34H70O/c1-6-11-13-15-17-18-19-20-21-22-23-24-26-28-30-33(29-27-25-16-14-12-7-2)34(31-8-3,32-9-4)35-10-5/h33H,6-32H2,1-5H3. The van der Waals surface area contributed by atoms with E-state index in [0.29, 0.717) is 0 Å². The molecule has 0 aromatic heterocycles. The van der Waals surface area contributed by atoms with Crippen molar-refractivity contribution in [2.24, 2.45) is 5.92 Å². The molecule has 1 heteroatoms. The van der Waals surface area contributed by atoms with Gasteiger partial charge in [-0.15, -0.1) is 0 Å². The number of ether oxygens (including phenoxy) is 1. The first-order valence-corrected chi connectivity index (χ1v) is 16.8. The molecule has 0 amide bonds. The summed E-state index contributed by atoms with van der Waals surface area (Å²) in [6.45, 7) is 12.4. The van der Waals surface area contributed by atoms with E-state index in [4.69, 9.17) is 4.74 Å². The normalized spacial score (nSPS) is 12.9. The molecule has 0 radical (unpaired) electrons. The van der Waals surface area contributed by atoms with E-state index in [1.807, 2.05) is 0 Å². The fraction of sp³-hybridized carbons (Fsp3) is 1.00. The molecule has 0 rings (SSSR count). The van der Waals surface area contributed by atoms with Gasteiger partial charge in [0.2, 0.25) is 0 Å². The summed E-state index contributed by atoms with van der Waals surface area (Å²) < 4.78 is 6.64. The minimum atomic E-state index is 0.151. The van der Waals surface area contributed by atoms with E-state index in [1.54, 1.807) is 0 Å². The molecule has 0 saturated heterocycles. The molecule has 0 aromatic carbocycles. The van der Waals surface area contributed by atoms with Crippen LogP contribution in [0, 0.1) is 5.92 Å². The minimum Gasteiger partial charge on any atom is -0.375 e. The van der Waals surface area contributed by atoms with E-state index in [-0.39, 0.29) is 5.60 Å². The molecule has 0 heterocycles. The van der Waals surface area contributed by atoms with Crippen molar-refractivity contribution in [2.75, 3.05) is 6.61 Å². The second kappa shape index (κ2) is 27.0. The van der Waals surface area contributed by atoms with Crippen molar-refractivity contribution in [1.29, 1.82) is 0 Å². The zero-order valence-corrected chi connectivity index (χ0v) is 25.6. The third-order valence-corrected chi connectivity index (χ3v) is 8.33. The van der Waals surface area contributed by atoms with Crippen LogP contribution in [0.3, 0.4) is 0 Å². The second-order valence-electron chi connectivity index (χ2n) is 11.6. The van der Waals surface area contributed by atoms with Crippen LogP contribution in [0.5, 0.6) is 0 Å². The molecule has 1 atom stereocenters. The van der Waals surface area contributed by atoms with Crippen LogP contribution in [-0.2, 0) is 4.74 Å². The van der Waals surface area contributed by atoms with Crippen molar-refractivity contribution in [3.05, 3.63) is 0 Å². The molecule has 0 N–H and O–H groups in total. The first-order chi connectivity index (χ1) is 17.2. The molecule has 0 fully saturated rings. The van der Waals surface area contributed by atoms with Crippen molar-refractivity contribution in [3.63, 3.8) is 0 Å². The fourth-order valence-electron chi connectivity index (χ4n) is 6.36. The van der Waals surface area contributed by atoms with Gasteiger partial charge in [0.25, 0.3) is 0 Å². The predicted octanol–water partition coefficient (Wildman–Crippen LogP) is 12.6. The highest BCUT2D eigenvalue weighted by atomic mass is 16.5. The minimum absolute atomic E-state index is 0.151. The molecule has 0 bridgehead atoms. The van der Waals surface area contributed by atoms with E-state index in [2.05, 4.69) is 34.6 Å². The third-order valence-electron chi connectivity index (χ3n) is 8.33. The Bertz CT molecular complexity index is 373. The molecule has 0 aliphatic heterocycles. The van der Waals surface area contributed by atoms with Crippen LogP contribution in [0.15, 0.2) is 0 Å². The van der Waals surface area contributed by atoms with Gasteiger partial charge >= 0.3 is 0 Å². The maximum Gasteiger partial charge on any atom is 0.0710 e. The monoisotopic (exact) mass is 495 g/mol. The Hall–Kier alpha value is -0.0400. The van der Waals surface area contributed by atoms with Gasteiger partial charge in [0.15, 0.2) is 0 Å². The van der Waals surface area contributed by atoms with Crippen LogP contribution in [0.2, 0.25) is 0 Å². The van der Waals surface area contributed by atoms with E-state index in [0.717, 1.165) is 12.5 Å². The predicted molar refractivity (Wildman–Crippen MR) is 161 cm³/mol. The summed E-state index contributed by atoms with van der Waals surface area (Å²) in [4.78, 5) is 0. The van der Waals surface area contributed by atoms with Crippen molar-refractivity contribution in [1.82, 2.24) is 0 Å². The molecule has 0 aliphatic carbocycles. The molecular formula is C34H70O. The van der Waals surface area contributed by atoms with E-state index >= 15 is 0 Å². The molecule has 1 nitrogen and oxygen atoms in total. The molecule has 212 valence electrons. The Labute approximate surface area is 224 Å². The van der Waals surface area contributed by atoms with Gasteiger partial charge in [-0.2, -0.15) is 0 Å². The lowest BCUT2D eigenvalue weighted by molar-refractivity contribution is -0.100. The Morgan fingerprint density at radius 1 is 0.400 bits per heavy atom. The van der Waals surface area contributed by atoms with Gasteiger partial charge in [0.05, 0.1) is 5.60 Å². The highest BCUT2D eigenvalue weighted by Crippen LogP contribution is 2.39. The van der Waals surface area contributed by atoms with Crippen molar-refractivity contribution >= 4 is 0 Å². The smallest absolute Gasteiger partial charge is 0.0710 e. The maximum absolute atomic E-state index is 6.64. The highest BCUT2D eigenvalue weighted by molar-refractivity contribution is 4.88. The first kappa shape index (κ1) is 35.0. The molecular weight excluding hydrogens is 424 g/mol. The zero-order chi connectivity index (χ0) is 25.9. The summed E-state index contributed by atoms with van der Waals surface area (Å²) in [5.41, 5.74) is 0.151. The van der Waals surface area contributed by atoms with Crippen LogP contribution >= 0.6 is 0 Å². The molecule has 0 saturated carbocycles. The second-order valence-corrected chi connectivity index (χ2v) is 11.6. The van der Waals surface area contributed by atoms with Gasteiger partial charge in [-0.1, -0.05) is 169 Å². The van der Waals surface area contributed by atoms with Crippen molar-refractivity contribution in [3.8, 4) is 0 Å². The summed E-state index contributed by atoms with van der Waals surface area (Å²) in [6, 6.07) is 0. The summed E-state index contributed by atoms with van der Waals surface area (Å²) in [5.74, 6) is 0.769. The lowest BCUT2D eigenvalue weighted by atomic mass is 9.74. The van der Waals surface area contributed by atoms with Crippen LogP contribution in [0.25, 0.3) is 0 Å². The number of hydrogen-bond donors (Lipinski definition) is 0. The first-order valence-electron chi connectivity index (χ1n) is 16.8. The Morgan fingerprint density at radius 3 is 1.00 bits per heavy atom. The van der Waals surface area contributed by atoms with Crippen LogP contribution in [0.1, 0.15) is 202 Å². The van der Waals surface area contributed by atoms with Gasteiger partial charge < -0.3 is 4.74 Å². The average molecular weight is 495 g/mol. The zero-order valence-electron chi connectivity index (χ0n) is 25.6. The van der Waals surface area contributed by atoms with Crippen molar-refractivity contribution < 1.29 is 4.74 Å². The number of rotatable bonds is 29. The lowest BCUT2D eigenvalue weighted by Crippen LogP contribution is -2.41. The quantitative estimate of drug-likeness (QED) is 0.0939. The average Bonchev–Trinajstić information content (AvgIpc) is 2.85. The fourth-order valence-corrected chi connectivity index (χ4v) is 6.36. The maximum atomic E-state index is 6.64. The Balaban J connectivity index is 4.27.